The van der Waals surface area contributed by atoms with Crippen LogP contribution >= 0.6 is 11.3 Å². The van der Waals surface area contributed by atoms with E-state index in [2.05, 4.69) is 20.3 Å². The molecule has 132 valence electrons. The van der Waals surface area contributed by atoms with Gasteiger partial charge in [-0.25, -0.2) is 15.0 Å². The van der Waals surface area contributed by atoms with Crippen LogP contribution in [0.25, 0.3) is 22.2 Å². The molecule has 9 heteroatoms. The standard InChI is InChI=1S/C17H16N6O2S/c1-25-8-5-18-16(24)14-13-4-2-3-7-23(13)15(21-14)12-10-22(11-20-12)17-19-6-9-26-17/h2-4,6-7,9-11H,5,8H2,1H3,(H,18,24). The van der Waals surface area contributed by atoms with Gasteiger partial charge in [0.15, 0.2) is 16.6 Å². The molecule has 0 saturated heterocycles. The van der Waals surface area contributed by atoms with Crippen LogP contribution in [0.5, 0.6) is 0 Å². The molecule has 4 heterocycles. The van der Waals surface area contributed by atoms with Gasteiger partial charge in [-0.05, 0) is 12.1 Å². The molecule has 0 fully saturated rings. The van der Waals surface area contributed by atoms with Gasteiger partial charge in [-0.1, -0.05) is 6.07 Å². The van der Waals surface area contributed by atoms with E-state index in [0.29, 0.717) is 30.4 Å². The number of fused-ring (bicyclic) bond motifs is 1. The zero-order valence-electron chi connectivity index (χ0n) is 14.0. The molecule has 0 unspecified atom stereocenters. The van der Waals surface area contributed by atoms with Crippen molar-refractivity contribution >= 4 is 22.8 Å². The molecule has 0 aromatic carbocycles. The molecule has 0 spiro atoms. The van der Waals surface area contributed by atoms with Gasteiger partial charge in [-0.2, -0.15) is 0 Å². The van der Waals surface area contributed by atoms with Gasteiger partial charge in [0.05, 0.1) is 12.1 Å². The van der Waals surface area contributed by atoms with Crippen LogP contribution in [-0.4, -0.2) is 50.1 Å². The summed E-state index contributed by atoms with van der Waals surface area (Å²) >= 11 is 1.52. The molecule has 0 atom stereocenters. The van der Waals surface area contributed by atoms with Crippen LogP contribution in [-0.2, 0) is 4.74 Å². The molecule has 0 aliphatic rings. The number of pyridine rings is 1. The highest BCUT2D eigenvalue weighted by molar-refractivity contribution is 7.12. The van der Waals surface area contributed by atoms with Gasteiger partial charge in [0, 0.05) is 37.6 Å². The number of ether oxygens (including phenoxy) is 1. The average Bonchev–Trinajstić information content (AvgIpc) is 3.39. The molecular weight excluding hydrogens is 352 g/mol. The van der Waals surface area contributed by atoms with Crippen molar-refractivity contribution in [1.29, 1.82) is 0 Å². The average molecular weight is 368 g/mol. The van der Waals surface area contributed by atoms with Gasteiger partial charge >= 0.3 is 0 Å². The quantitative estimate of drug-likeness (QED) is 0.526. The van der Waals surface area contributed by atoms with Crippen LogP contribution < -0.4 is 5.32 Å². The van der Waals surface area contributed by atoms with Crippen molar-refractivity contribution < 1.29 is 9.53 Å². The van der Waals surface area contributed by atoms with Gasteiger partial charge in [0.1, 0.15) is 12.0 Å². The van der Waals surface area contributed by atoms with Crippen molar-refractivity contribution in [2.45, 2.75) is 0 Å². The molecular formula is C17H16N6O2S. The third-order valence-electron chi connectivity index (χ3n) is 3.81. The van der Waals surface area contributed by atoms with E-state index in [-0.39, 0.29) is 5.91 Å². The van der Waals surface area contributed by atoms with E-state index in [0.717, 1.165) is 10.6 Å². The third-order valence-corrected chi connectivity index (χ3v) is 4.59. The Kier molecular flexibility index (Phi) is 4.46. The number of imidazole rings is 2. The molecule has 4 aromatic rings. The normalized spacial score (nSPS) is 11.1. The van der Waals surface area contributed by atoms with E-state index in [4.69, 9.17) is 4.74 Å². The number of thiazole rings is 1. The minimum atomic E-state index is -0.239. The summed E-state index contributed by atoms with van der Waals surface area (Å²) in [5.41, 5.74) is 1.75. The molecule has 8 nitrogen and oxygen atoms in total. The summed E-state index contributed by atoms with van der Waals surface area (Å²) in [7, 11) is 1.59. The Balaban J connectivity index is 1.73. The first-order valence-electron chi connectivity index (χ1n) is 7.96. The topological polar surface area (TPSA) is 86.3 Å². The smallest absolute Gasteiger partial charge is 0.272 e. The van der Waals surface area contributed by atoms with Gasteiger partial charge in [-0.15, -0.1) is 11.3 Å². The molecule has 0 aliphatic heterocycles. The molecule has 26 heavy (non-hydrogen) atoms. The molecule has 0 radical (unpaired) electrons. The lowest BCUT2D eigenvalue weighted by atomic mass is 10.3. The van der Waals surface area contributed by atoms with E-state index in [9.17, 15) is 4.79 Å². The highest BCUT2D eigenvalue weighted by Crippen LogP contribution is 2.23. The summed E-state index contributed by atoms with van der Waals surface area (Å²) in [5, 5.41) is 5.54. The number of amides is 1. The van der Waals surface area contributed by atoms with Crippen molar-refractivity contribution in [3.63, 3.8) is 0 Å². The maximum absolute atomic E-state index is 12.5. The number of carbonyl (C=O) groups is 1. The molecule has 0 bridgehead atoms. The Hall–Kier alpha value is -3.04. The van der Waals surface area contributed by atoms with Crippen LogP contribution in [0.2, 0.25) is 0 Å². The number of hydrogen-bond donors (Lipinski definition) is 1. The van der Waals surface area contributed by atoms with E-state index in [1.165, 1.54) is 11.3 Å². The van der Waals surface area contributed by atoms with Crippen molar-refractivity contribution in [3.05, 3.63) is 54.2 Å². The first kappa shape index (κ1) is 16.4. The maximum atomic E-state index is 12.5. The van der Waals surface area contributed by atoms with Crippen LogP contribution in [0.15, 0.2) is 48.5 Å². The molecule has 1 N–H and O–H groups in total. The molecule has 1 amide bonds. The number of hydrogen-bond acceptors (Lipinski definition) is 6. The second-order valence-corrected chi connectivity index (χ2v) is 6.34. The number of aromatic nitrogens is 5. The summed E-state index contributed by atoms with van der Waals surface area (Å²) in [5.74, 6) is 0.365. The van der Waals surface area contributed by atoms with Crippen LogP contribution in [0.1, 0.15) is 10.5 Å². The lowest BCUT2D eigenvalue weighted by molar-refractivity contribution is 0.0934. The first-order valence-corrected chi connectivity index (χ1v) is 8.84. The zero-order valence-corrected chi connectivity index (χ0v) is 14.8. The lowest BCUT2D eigenvalue weighted by Gasteiger charge is -2.02. The summed E-state index contributed by atoms with van der Waals surface area (Å²) in [6, 6.07) is 5.63. The van der Waals surface area contributed by atoms with Crippen molar-refractivity contribution in [1.82, 2.24) is 29.2 Å². The fraction of sp³-hybridized carbons (Fsp3) is 0.176. The van der Waals surface area contributed by atoms with Gasteiger partial charge in [-0.3, -0.25) is 13.8 Å². The Labute approximate surface area is 153 Å². The summed E-state index contributed by atoms with van der Waals surface area (Å²) in [6.45, 7) is 0.873. The number of nitrogens with one attached hydrogen (secondary N) is 1. The predicted molar refractivity (Wildman–Crippen MR) is 97.6 cm³/mol. The monoisotopic (exact) mass is 368 g/mol. The third kappa shape index (κ3) is 2.98. The second kappa shape index (κ2) is 7.06. The molecule has 4 aromatic heterocycles. The van der Waals surface area contributed by atoms with Gasteiger partial charge < -0.3 is 10.1 Å². The summed E-state index contributed by atoms with van der Waals surface area (Å²) in [6.07, 6.45) is 7.16. The van der Waals surface area contributed by atoms with Crippen molar-refractivity contribution in [2.24, 2.45) is 0 Å². The van der Waals surface area contributed by atoms with Crippen LogP contribution in [0, 0.1) is 0 Å². The fourth-order valence-electron chi connectivity index (χ4n) is 2.62. The Morgan fingerprint density at radius 3 is 3.08 bits per heavy atom. The van der Waals surface area contributed by atoms with Gasteiger partial charge in [0.2, 0.25) is 0 Å². The van der Waals surface area contributed by atoms with E-state index in [1.54, 1.807) is 19.6 Å². The van der Waals surface area contributed by atoms with Crippen molar-refractivity contribution in [2.75, 3.05) is 20.3 Å². The van der Waals surface area contributed by atoms with Crippen molar-refractivity contribution in [3.8, 4) is 16.6 Å². The molecule has 0 aliphatic carbocycles. The van der Waals surface area contributed by atoms with Crippen LogP contribution in [0.4, 0.5) is 0 Å². The Morgan fingerprint density at radius 2 is 2.27 bits per heavy atom. The number of nitrogens with zero attached hydrogens (tertiary/aromatic N) is 5. The number of methoxy groups -OCH3 is 1. The molecule has 0 saturated carbocycles. The highest BCUT2D eigenvalue weighted by Gasteiger charge is 2.19. The predicted octanol–water partition coefficient (Wildman–Crippen LogP) is 2.02. The molecule has 4 rings (SSSR count). The minimum Gasteiger partial charge on any atom is -0.383 e. The van der Waals surface area contributed by atoms with Crippen LogP contribution in [0.3, 0.4) is 0 Å². The summed E-state index contributed by atoms with van der Waals surface area (Å²) in [4.78, 5) is 25.7. The Morgan fingerprint density at radius 1 is 1.35 bits per heavy atom. The number of rotatable bonds is 6. The minimum absolute atomic E-state index is 0.239. The van der Waals surface area contributed by atoms with E-state index in [1.807, 2.05) is 44.9 Å². The first-order chi connectivity index (χ1) is 12.8. The maximum Gasteiger partial charge on any atom is 0.272 e. The lowest BCUT2D eigenvalue weighted by Crippen LogP contribution is -2.27. The SMILES string of the molecule is COCCNC(=O)c1nc(-c2cn(-c3nccs3)cn2)n2ccccc12. The van der Waals surface area contributed by atoms with E-state index >= 15 is 0 Å². The summed E-state index contributed by atoms with van der Waals surface area (Å²) < 4.78 is 8.67. The highest BCUT2D eigenvalue weighted by atomic mass is 32.1. The second-order valence-electron chi connectivity index (χ2n) is 5.47. The van der Waals surface area contributed by atoms with Gasteiger partial charge in [0.25, 0.3) is 5.91 Å². The largest absolute Gasteiger partial charge is 0.383 e. The number of carbonyl (C=O) groups excluding carboxylic acids is 1. The van der Waals surface area contributed by atoms with E-state index < -0.39 is 0 Å². The zero-order chi connectivity index (χ0) is 17.9. The fourth-order valence-corrected chi connectivity index (χ4v) is 3.21. The Bertz CT molecular complexity index is 1040.